The van der Waals surface area contributed by atoms with E-state index in [2.05, 4.69) is 6.07 Å². The predicted octanol–water partition coefficient (Wildman–Crippen LogP) is 3.88. The fourth-order valence-corrected chi connectivity index (χ4v) is 3.37. The van der Waals surface area contributed by atoms with E-state index in [1.54, 1.807) is 12.1 Å². The van der Waals surface area contributed by atoms with Crippen LogP contribution in [0.4, 0.5) is 0 Å². The second-order valence-corrected chi connectivity index (χ2v) is 6.01. The van der Waals surface area contributed by atoms with Gasteiger partial charge in [0, 0.05) is 12.3 Å². The minimum absolute atomic E-state index is 0.00927. The van der Waals surface area contributed by atoms with Crippen LogP contribution >= 0.6 is 0 Å². The molecule has 2 aromatic rings. The molecule has 0 saturated heterocycles. The van der Waals surface area contributed by atoms with Gasteiger partial charge in [-0.25, -0.2) is 0 Å². The molecule has 2 atom stereocenters. The number of rotatable bonds is 3. The van der Waals surface area contributed by atoms with E-state index in [1.807, 2.05) is 36.4 Å². The predicted molar refractivity (Wildman–Crippen MR) is 87.7 cm³/mol. The van der Waals surface area contributed by atoms with Crippen molar-refractivity contribution in [3.63, 3.8) is 0 Å². The molecule has 2 aromatic carbocycles. The largest absolute Gasteiger partial charge is 0.299 e. The molecular formula is C20H17NO2. The van der Waals surface area contributed by atoms with E-state index >= 15 is 0 Å². The zero-order chi connectivity index (χ0) is 16.4. The molecule has 3 heteroatoms. The van der Waals surface area contributed by atoms with Gasteiger partial charge in [0.05, 0.1) is 17.6 Å². The Hall–Kier alpha value is -2.73. The van der Waals surface area contributed by atoms with Crippen molar-refractivity contribution in [3.8, 4) is 17.2 Å². The first-order valence-corrected chi connectivity index (χ1v) is 7.74. The molecule has 1 aliphatic rings. The SMILES string of the molecule is CC(=O)C1C(=O)CC[C@@H]1c1ccc(-c2ccc(C#N)cc2)cc1. The molecule has 3 rings (SSSR count). The van der Waals surface area contributed by atoms with Crippen LogP contribution in [-0.2, 0) is 9.59 Å². The number of nitriles is 1. The molecule has 0 aromatic heterocycles. The summed E-state index contributed by atoms with van der Waals surface area (Å²) < 4.78 is 0. The molecule has 0 N–H and O–H groups in total. The molecule has 1 fully saturated rings. The topological polar surface area (TPSA) is 57.9 Å². The maximum atomic E-state index is 11.9. The summed E-state index contributed by atoms with van der Waals surface area (Å²) in [6, 6.07) is 17.6. The summed E-state index contributed by atoms with van der Waals surface area (Å²) in [5, 5.41) is 8.84. The highest BCUT2D eigenvalue weighted by Crippen LogP contribution is 2.38. The summed E-state index contributed by atoms with van der Waals surface area (Å²) in [6.45, 7) is 1.51. The van der Waals surface area contributed by atoms with Crippen molar-refractivity contribution < 1.29 is 9.59 Å². The van der Waals surface area contributed by atoms with E-state index < -0.39 is 5.92 Å². The second kappa shape index (κ2) is 6.18. The summed E-state index contributed by atoms with van der Waals surface area (Å²) in [7, 11) is 0. The van der Waals surface area contributed by atoms with Crippen molar-refractivity contribution in [2.75, 3.05) is 0 Å². The Morgan fingerprint density at radius 2 is 1.61 bits per heavy atom. The maximum absolute atomic E-state index is 11.9. The van der Waals surface area contributed by atoms with Gasteiger partial charge in [-0.1, -0.05) is 36.4 Å². The van der Waals surface area contributed by atoms with Crippen LogP contribution in [0.15, 0.2) is 48.5 Å². The molecule has 1 aliphatic carbocycles. The van der Waals surface area contributed by atoms with Gasteiger partial charge < -0.3 is 0 Å². The summed E-state index contributed by atoms with van der Waals surface area (Å²) >= 11 is 0. The van der Waals surface area contributed by atoms with Crippen molar-refractivity contribution in [1.82, 2.24) is 0 Å². The second-order valence-electron chi connectivity index (χ2n) is 6.01. The zero-order valence-electron chi connectivity index (χ0n) is 13.0. The minimum atomic E-state index is -0.476. The van der Waals surface area contributed by atoms with Crippen LogP contribution in [0.25, 0.3) is 11.1 Å². The summed E-state index contributed by atoms with van der Waals surface area (Å²) in [5.41, 5.74) is 3.79. The molecule has 0 amide bonds. The van der Waals surface area contributed by atoms with E-state index in [1.165, 1.54) is 6.92 Å². The van der Waals surface area contributed by atoms with Gasteiger partial charge in [0.2, 0.25) is 0 Å². The highest BCUT2D eigenvalue weighted by molar-refractivity contribution is 6.03. The van der Waals surface area contributed by atoms with E-state index in [-0.39, 0.29) is 17.5 Å². The Morgan fingerprint density at radius 3 is 2.13 bits per heavy atom. The van der Waals surface area contributed by atoms with Crippen LogP contribution in [0, 0.1) is 17.2 Å². The van der Waals surface area contributed by atoms with E-state index in [0.717, 1.165) is 23.1 Å². The Kier molecular flexibility index (Phi) is 4.08. The lowest BCUT2D eigenvalue weighted by Crippen LogP contribution is -2.21. The quantitative estimate of drug-likeness (QED) is 0.809. The molecule has 3 nitrogen and oxygen atoms in total. The highest BCUT2D eigenvalue weighted by atomic mass is 16.1. The molecule has 114 valence electrons. The van der Waals surface area contributed by atoms with Gasteiger partial charge in [0.25, 0.3) is 0 Å². The van der Waals surface area contributed by atoms with E-state index in [0.29, 0.717) is 12.0 Å². The first-order chi connectivity index (χ1) is 11.1. The molecule has 0 heterocycles. The third kappa shape index (κ3) is 2.93. The number of carbonyl (C=O) groups excluding carboxylic acids is 2. The molecule has 23 heavy (non-hydrogen) atoms. The van der Waals surface area contributed by atoms with Crippen molar-refractivity contribution >= 4 is 11.6 Å². The van der Waals surface area contributed by atoms with E-state index in [9.17, 15) is 9.59 Å². The van der Waals surface area contributed by atoms with Crippen LogP contribution in [0.2, 0.25) is 0 Å². The van der Waals surface area contributed by atoms with Gasteiger partial charge in [0.15, 0.2) is 0 Å². The highest BCUT2D eigenvalue weighted by Gasteiger charge is 2.38. The standard InChI is InChI=1S/C20H17NO2/c1-13(22)20-18(10-11-19(20)23)17-8-6-16(7-9-17)15-4-2-14(12-21)3-5-15/h2-9,18,20H,10-11H2,1H3/t18-,20?/m1/s1. The van der Waals surface area contributed by atoms with Gasteiger partial charge in [-0.3, -0.25) is 9.59 Å². The number of nitrogens with zero attached hydrogens (tertiary/aromatic N) is 1. The monoisotopic (exact) mass is 303 g/mol. The maximum Gasteiger partial charge on any atom is 0.143 e. The number of ketones is 2. The average molecular weight is 303 g/mol. The Balaban J connectivity index is 1.86. The van der Waals surface area contributed by atoms with E-state index in [4.69, 9.17) is 5.26 Å². The summed E-state index contributed by atoms with van der Waals surface area (Å²) in [4.78, 5) is 23.6. The lowest BCUT2D eigenvalue weighted by molar-refractivity contribution is -0.130. The number of hydrogen-bond acceptors (Lipinski definition) is 3. The van der Waals surface area contributed by atoms with Crippen LogP contribution < -0.4 is 0 Å². The van der Waals surface area contributed by atoms with Crippen molar-refractivity contribution in [1.29, 1.82) is 5.26 Å². The third-order valence-electron chi connectivity index (χ3n) is 4.58. The molecule has 0 radical (unpaired) electrons. The molecule has 0 spiro atoms. The number of benzene rings is 2. The number of hydrogen-bond donors (Lipinski definition) is 0. The third-order valence-corrected chi connectivity index (χ3v) is 4.58. The minimum Gasteiger partial charge on any atom is -0.299 e. The van der Waals surface area contributed by atoms with Crippen molar-refractivity contribution in [2.24, 2.45) is 5.92 Å². The Morgan fingerprint density at radius 1 is 1.04 bits per heavy atom. The zero-order valence-corrected chi connectivity index (χ0v) is 13.0. The van der Waals surface area contributed by atoms with Crippen LogP contribution in [0.5, 0.6) is 0 Å². The Bertz CT molecular complexity index is 782. The number of Topliss-reactive ketones (excluding diaryl/α,β-unsaturated/α-hetero) is 2. The van der Waals surface area contributed by atoms with Gasteiger partial charge in [-0.2, -0.15) is 5.26 Å². The van der Waals surface area contributed by atoms with Gasteiger partial charge >= 0.3 is 0 Å². The first kappa shape index (κ1) is 15.2. The lowest BCUT2D eigenvalue weighted by atomic mass is 9.85. The molecular weight excluding hydrogens is 286 g/mol. The van der Waals surface area contributed by atoms with Crippen LogP contribution in [0.3, 0.4) is 0 Å². The van der Waals surface area contributed by atoms with Crippen molar-refractivity contribution in [2.45, 2.75) is 25.7 Å². The first-order valence-electron chi connectivity index (χ1n) is 7.74. The van der Waals surface area contributed by atoms with Crippen molar-refractivity contribution in [3.05, 3.63) is 59.7 Å². The normalized spacial score (nSPS) is 20.3. The fraction of sp³-hybridized carbons (Fsp3) is 0.250. The summed E-state index contributed by atoms with van der Waals surface area (Å²) in [6.07, 6.45) is 1.24. The van der Waals surface area contributed by atoms with Gasteiger partial charge in [0.1, 0.15) is 11.6 Å². The van der Waals surface area contributed by atoms with Crippen LogP contribution in [-0.4, -0.2) is 11.6 Å². The average Bonchev–Trinajstić information content (AvgIpc) is 2.97. The van der Waals surface area contributed by atoms with Crippen LogP contribution in [0.1, 0.15) is 36.8 Å². The van der Waals surface area contributed by atoms with Gasteiger partial charge in [-0.05, 0) is 42.2 Å². The number of carbonyl (C=O) groups is 2. The molecule has 0 aliphatic heterocycles. The molecule has 1 unspecified atom stereocenters. The fourth-order valence-electron chi connectivity index (χ4n) is 3.37. The smallest absolute Gasteiger partial charge is 0.143 e. The lowest BCUT2D eigenvalue weighted by Gasteiger charge is -2.16. The Labute approximate surface area is 135 Å². The summed E-state index contributed by atoms with van der Waals surface area (Å²) in [5.74, 6) is -0.432. The van der Waals surface area contributed by atoms with Gasteiger partial charge in [-0.15, -0.1) is 0 Å². The molecule has 1 saturated carbocycles. The molecule has 0 bridgehead atoms.